The maximum atomic E-state index is 12.5. The van der Waals surface area contributed by atoms with Crippen molar-refractivity contribution < 1.29 is 13.2 Å². The molecule has 5 nitrogen and oxygen atoms in total. The van der Waals surface area contributed by atoms with Crippen molar-refractivity contribution in [2.45, 2.75) is 32.7 Å². The van der Waals surface area contributed by atoms with Crippen molar-refractivity contribution in [3.63, 3.8) is 0 Å². The minimum absolute atomic E-state index is 0.0277. The number of nitrogens with one attached hydrogen (secondary N) is 1. The molecule has 0 bridgehead atoms. The highest BCUT2D eigenvalue weighted by atomic mass is 32.2. The molecule has 0 spiro atoms. The van der Waals surface area contributed by atoms with Crippen LogP contribution in [-0.4, -0.2) is 50.0 Å². The van der Waals surface area contributed by atoms with Gasteiger partial charge in [0.15, 0.2) is 9.84 Å². The highest BCUT2D eigenvalue weighted by molar-refractivity contribution is 7.91. The first-order valence-corrected chi connectivity index (χ1v) is 9.91. The molecule has 3 atom stereocenters. The van der Waals surface area contributed by atoms with Crippen molar-refractivity contribution in [3.8, 4) is 0 Å². The fourth-order valence-electron chi connectivity index (χ4n) is 2.93. The lowest BCUT2D eigenvalue weighted by atomic mass is 9.94. The number of urea groups is 1. The molecule has 0 aromatic heterocycles. The number of amides is 2. The standard InChI is InChI=1S/C17H26N2O3S/c1-13-11-19(9-10-23(21,22)12-13)17(20)18-15(3)14(2)16-7-5-4-6-8-16/h4-8,13-15H,9-12H2,1-3H3,(H,18,20). The Morgan fingerprint density at radius 3 is 2.57 bits per heavy atom. The maximum absolute atomic E-state index is 12.5. The largest absolute Gasteiger partial charge is 0.335 e. The van der Waals surface area contributed by atoms with E-state index in [4.69, 9.17) is 0 Å². The highest BCUT2D eigenvalue weighted by Gasteiger charge is 2.28. The molecule has 3 unspecified atom stereocenters. The summed E-state index contributed by atoms with van der Waals surface area (Å²) in [7, 11) is -3.04. The summed E-state index contributed by atoms with van der Waals surface area (Å²) in [4.78, 5) is 14.1. The SMILES string of the molecule is CC1CN(C(=O)NC(C)C(C)c2ccccc2)CCS(=O)(=O)C1. The molecule has 1 heterocycles. The summed E-state index contributed by atoms with van der Waals surface area (Å²) in [5.74, 6) is 0.364. The summed E-state index contributed by atoms with van der Waals surface area (Å²) in [5, 5.41) is 3.02. The van der Waals surface area contributed by atoms with Gasteiger partial charge in [-0.15, -0.1) is 0 Å². The number of carbonyl (C=O) groups is 1. The molecule has 1 aromatic rings. The first-order chi connectivity index (χ1) is 10.8. The van der Waals surface area contributed by atoms with Gasteiger partial charge in [0.2, 0.25) is 0 Å². The van der Waals surface area contributed by atoms with Gasteiger partial charge in [-0.25, -0.2) is 13.2 Å². The van der Waals surface area contributed by atoms with Crippen LogP contribution in [0.15, 0.2) is 30.3 Å². The molecule has 0 radical (unpaired) electrons. The molecule has 0 aliphatic carbocycles. The van der Waals surface area contributed by atoms with Crippen molar-refractivity contribution in [2.75, 3.05) is 24.6 Å². The number of benzene rings is 1. The van der Waals surface area contributed by atoms with Crippen LogP contribution in [0, 0.1) is 5.92 Å². The second-order valence-corrected chi connectivity index (χ2v) is 8.83. The number of hydrogen-bond acceptors (Lipinski definition) is 3. The lowest BCUT2D eigenvalue weighted by Gasteiger charge is -2.27. The Labute approximate surface area is 139 Å². The molecule has 1 aromatic carbocycles. The van der Waals surface area contributed by atoms with E-state index in [2.05, 4.69) is 12.2 Å². The van der Waals surface area contributed by atoms with Gasteiger partial charge >= 0.3 is 6.03 Å². The van der Waals surface area contributed by atoms with E-state index in [9.17, 15) is 13.2 Å². The topological polar surface area (TPSA) is 66.5 Å². The van der Waals surface area contributed by atoms with Crippen molar-refractivity contribution in [3.05, 3.63) is 35.9 Å². The van der Waals surface area contributed by atoms with Gasteiger partial charge in [0, 0.05) is 25.0 Å². The molecule has 1 aliphatic rings. The summed E-state index contributed by atoms with van der Waals surface area (Å²) >= 11 is 0. The van der Waals surface area contributed by atoms with E-state index < -0.39 is 9.84 Å². The molecule has 0 saturated carbocycles. The second kappa shape index (κ2) is 7.34. The Kier molecular flexibility index (Phi) is 5.68. The Morgan fingerprint density at radius 1 is 1.26 bits per heavy atom. The maximum Gasteiger partial charge on any atom is 0.317 e. The first-order valence-electron chi connectivity index (χ1n) is 8.09. The minimum Gasteiger partial charge on any atom is -0.335 e. The normalized spacial score (nSPS) is 23.6. The minimum atomic E-state index is -3.04. The first kappa shape index (κ1) is 17.8. The zero-order chi connectivity index (χ0) is 17.0. The van der Waals surface area contributed by atoms with Gasteiger partial charge in [-0.2, -0.15) is 0 Å². The van der Waals surface area contributed by atoms with Gasteiger partial charge in [0.1, 0.15) is 0 Å². The lowest BCUT2D eigenvalue weighted by molar-refractivity contribution is 0.191. The van der Waals surface area contributed by atoms with Crippen LogP contribution in [0.25, 0.3) is 0 Å². The molecule has 23 heavy (non-hydrogen) atoms. The molecule has 1 saturated heterocycles. The van der Waals surface area contributed by atoms with E-state index in [1.165, 1.54) is 5.56 Å². The molecule has 1 fully saturated rings. The average molecular weight is 338 g/mol. The summed E-state index contributed by atoms with van der Waals surface area (Å²) in [6.07, 6.45) is 0. The third-order valence-corrected chi connectivity index (χ3v) is 6.34. The zero-order valence-corrected chi connectivity index (χ0v) is 14.8. The van der Waals surface area contributed by atoms with E-state index in [1.807, 2.05) is 44.2 Å². The Balaban J connectivity index is 1.98. The van der Waals surface area contributed by atoms with Crippen LogP contribution in [0.3, 0.4) is 0 Å². The van der Waals surface area contributed by atoms with E-state index in [0.717, 1.165) is 0 Å². The zero-order valence-electron chi connectivity index (χ0n) is 14.0. The second-order valence-electron chi connectivity index (χ2n) is 6.60. The molecular formula is C17H26N2O3S. The van der Waals surface area contributed by atoms with Gasteiger partial charge in [-0.3, -0.25) is 0 Å². The van der Waals surface area contributed by atoms with Crippen molar-refractivity contribution in [1.82, 2.24) is 10.2 Å². The Morgan fingerprint density at radius 2 is 1.91 bits per heavy atom. The van der Waals surface area contributed by atoms with Gasteiger partial charge < -0.3 is 10.2 Å². The lowest BCUT2D eigenvalue weighted by Crippen LogP contribution is -2.47. The van der Waals surface area contributed by atoms with Crippen LogP contribution in [0.4, 0.5) is 4.79 Å². The molecule has 2 amide bonds. The van der Waals surface area contributed by atoms with Gasteiger partial charge in [-0.1, -0.05) is 44.2 Å². The Bertz CT molecular complexity index is 630. The number of sulfone groups is 1. The fraction of sp³-hybridized carbons (Fsp3) is 0.588. The monoisotopic (exact) mass is 338 g/mol. The van der Waals surface area contributed by atoms with Crippen LogP contribution in [0.1, 0.15) is 32.3 Å². The highest BCUT2D eigenvalue weighted by Crippen LogP contribution is 2.19. The van der Waals surface area contributed by atoms with Crippen LogP contribution in [0.2, 0.25) is 0 Å². The summed E-state index contributed by atoms with van der Waals surface area (Å²) in [6.45, 7) is 6.69. The van der Waals surface area contributed by atoms with Gasteiger partial charge in [-0.05, 0) is 18.4 Å². The average Bonchev–Trinajstić information content (AvgIpc) is 2.64. The molecule has 2 rings (SSSR count). The van der Waals surface area contributed by atoms with Gasteiger partial charge in [0.25, 0.3) is 0 Å². The predicted molar refractivity (Wildman–Crippen MR) is 92.2 cm³/mol. The van der Waals surface area contributed by atoms with E-state index in [1.54, 1.807) is 4.90 Å². The number of carbonyl (C=O) groups excluding carboxylic acids is 1. The van der Waals surface area contributed by atoms with Crippen LogP contribution >= 0.6 is 0 Å². The van der Waals surface area contributed by atoms with Crippen molar-refractivity contribution in [1.29, 1.82) is 0 Å². The molecular weight excluding hydrogens is 312 g/mol. The molecule has 1 N–H and O–H groups in total. The van der Waals surface area contributed by atoms with Crippen molar-refractivity contribution in [2.24, 2.45) is 5.92 Å². The third-order valence-electron chi connectivity index (χ3n) is 4.46. The molecule has 6 heteroatoms. The number of nitrogens with zero attached hydrogens (tertiary/aromatic N) is 1. The van der Waals surface area contributed by atoms with Crippen LogP contribution in [0.5, 0.6) is 0 Å². The summed E-state index contributed by atoms with van der Waals surface area (Å²) < 4.78 is 23.6. The van der Waals surface area contributed by atoms with E-state index >= 15 is 0 Å². The molecule has 1 aliphatic heterocycles. The Hall–Kier alpha value is -1.56. The van der Waals surface area contributed by atoms with E-state index in [-0.39, 0.29) is 42.0 Å². The number of hydrogen-bond donors (Lipinski definition) is 1. The quantitative estimate of drug-likeness (QED) is 0.919. The summed E-state index contributed by atoms with van der Waals surface area (Å²) in [6, 6.07) is 9.84. The third kappa shape index (κ3) is 4.96. The van der Waals surface area contributed by atoms with Crippen molar-refractivity contribution >= 4 is 15.9 Å². The summed E-state index contributed by atoms with van der Waals surface area (Å²) in [5.41, 5.74) is 1.17. The van der Waals surface area contributed by atoms with Crippen LogP contribution < -0.4 is 5.32 Å². The van der Waals surface area contributed by atoms with Gasteiger partial charge in [0.05, 0.1) is 11.5 Å². The van der Waals surface area contributed by atoms with Crippen LogP contribution in [-0.2, 0) is 9.84 Å². The molecule has 128 valence electrons. The predicted octanol–water partition coefficient (Wildman–Crippen LogP) is 2.25. The fourth-order valence-corrected chi connectivity index (χ4v) is 4.56. The number of rotatable bonds is 3. The smallest absolute Gasteiger partial charge is 0.317 e. The van der Waals surface area contributed by atoms with E-state index in [0.29, 0.717) is 6.54 Å².